The van der Waals surface area contributed by atoms with Crippen LogP contribution >= 0.6 is 0 Å². The third-order valence-corrected chi connectivity index (χ3v) is 7.64. The highest BCUT2D eigenvalue weighted by Gasteiger charge is 2.54. The molecule has 0 aromatic heterocycles. The first-order valence-corrected chi connectivity index (χ1v) is 10.4. The standard InChI is InChI=1S/C22H28N2O3/c1-27-16-7-5-15(6-8-16)24-12-14(11-21(24)25)22(26)23-20-10-13-9-19(20)18-4-2-3-17(13)18/h5-8,13-14,17-20H,2-4,9-12H2,1H3,(H,23,26). The predicted molar refractivity (Wildman–Crippen MR) is 102 cm³/mol. The molecule has 0 spiro atoms. The van der Waals surface area contributed by atoms with Crippen LogP contribution in [0.4, 0.5) is 5.69 Å². The maximum absolute atomic E-state index is 12.9. The number of amides is 2. The zero-order valence-electron chi connectivity index (χ0n) is 15.9. The molecule has 6 unspecified atom stereocenters. The molecule has 1 aliphatic heterocycles. The molecular weight excluding hydrogens is 340 g/mol. The van der Waals surface area contributed by atoms with Gasteiger partial charge >= 0.3 is 0 Å². The van der Waals surface area contributed by atoms with Gasteiger partial charge in [0.05, 0.1) is 13.0 Å². The van der Waals surface area contributed by atoms with Crippen molar-refractivity contribution in [3.8, 4) is 5.75 Å². The van der Waals surface area contributed by atoms with Crippen LogP contribution in [0.3, 0.4) is 0 Å². The lowest BCUT2D eigenvalue weighted by atomic mass is 9.79. The molecule has 5 heteroatoms. The first-order chi connectivity index (χ1) is 13.1. The van der Waals surface area contributed by atoms with Crippen molar-refractivity contribution in [3.05, 3.63) is 24.3 Å². The molecule has 144 valence electrons. The van der Waals surface area contributed by atoms with Crippen molar-refractivity contribution in [1.82, 2.24) is 5.32 Å². The fourth-order valence-electron chi connectivity index (χ4n) is 6.43. The third-order valence-electron chi connectivity index (χ3n) is 7.64. The number of benzene rings is 1. The van der Waals surface area contributed by atoms with E-state index in [0.29, 0.717) is 24.9 Å². The highest BCUT2D eigenvalue weighted by Crippen LogP contribution is 2.58. The topological polar surface area (TPSA) is 58.6 Å². The quantitative estimate of drug-likeness (QED) is 0.889. The number of carbonyl (C=O) groups is 2. The predicted octanol–water partition coefficient (Wildman–Crippen LogP) is 2.99. The van der Waals surface area contributed by atoms with Gasteiger partial charge in [0.25, 0.3) is 0 Å². The summed E-state index contributed by atoms with van der Waals surface area (Å²) in [5.41, 5.74) is 0.838. The number of methoxy groups -OCH3 is 1. The van der Waals surface area contributed by atoms with Gasteiger partial charge in [0, 0.05) is 24.7 Å². The summed E-state index contributed by atoms with van der Waals surface area (Å²) in [6.07, 6.45) is 6.90. The van der Waals surface area contributed by atoms with E-state index in [1.807, 2.05) is 24.3 Å². The largest absolute Gasteiger partial charge is 0.497 e. The molecule has 1 aromatic carbocycles. The van der Waals surface area contributed by atoms with Crippen LogP contribution in [0.5, 0.6) is 5.75 Å². The van der Waals surface area contributed by atoms with Crippen molar-refractivity contribution in [2.24, 2.45) is 29.6 Å². The lowest BCUT2D eigenvalue weighted by molar-refractivity contribution is -0.127. The average Bonchev–Trinajstić information content (AvgIpc) is 3.43. The number of nitrogens with one attached hydrogen (secondary N) is 1. The van der Waals surface area contributed by atoms with Crippen molar-refractivity contribution in [2.75, 3.05) is 18.6 Å². The van der Waals surface area contributed by atoms with Gasteiger partial charge in [-0.2, -0.15) is 0 Å². The van der Waals surface area contributed by atoms with E-state index in [1.165, 1.54) is 25.7 Å². The molecule has 2 amide bonds. The van der Waals surface area contributed by atoms with Crippen molar-refractivity contribution in [2.45, 2.75) is 44.6 Å². The summed E-state index contributed by atoms with van der Waals surface area (Å²) in [5.74, 6) is 3.92. The number of ether oxygens (including phenoxy) is 1. The Kier molecular flexibility index (Phi) is 4.14. The second kappa shape index (κ2) is 6.54. The van der Waals surface area contributed by atoms with Gasteiger partial charge in [-0.15, -0.1) is 0 Å². The van der Waals surface area contributed by atoms with Gasteiger partial charge < -0.3 is 15.0 Å². The van der Waals surface area contributed by atoms with Gasteiger partial charge in [0.1, 0.15) is 5.75 Å². The molecule has 2 bridgehead atoms. The molecule has 6 atom stereocenters. The van der Waals surface area contributed by atoms with Crippen LogP contribution in [0.1, 0.15) is 38.5 Å². The maximum Gasteiger partial charge on any atom is 0.227 e. The number of hydrogen-bond acceptors (Lipinski definition) is 3. The summed E-state index contributed by atoms with van der Waals surface area (Å²) in [6.45, 7) is 0.476. The summed E-state index contributed by atoms with van der Waals surface area (Å²) < 4.78 is 5.18. The van der Waals surface area contributed by atoms with E-state index in [1.54, 1.807) is 12.0 Å². The summed E-state index contributed by atoms with van der Waals surface area (Å²) >= 11 is 0. The molecule has 1 heterocycles. The Hall–Kier alpha value is -2.04. The molecule has 3 aliphatic carbocycles. The minimum Gasteiger partial charge on any atom is -0.497 e. The minimum absolute atomic E-state index is 0.0316. The van der Waals surface area contributed by atoms with Crippen LogP contribution in [0, 0.1) is 29.6 Å². The van der Waals surface area contributed by atoms with Gasteiger partial charge in [0.2, 0.25) is 11.8 Å². The molecule has 1 aromatic rings. The minimum atomic E-state index is -0.238. The Labute approximate surface area is 160 Å². The first-order valence-electron chi connectivity index (χ1n) is 10.4. The molecule has 1 saturated heterocycles. The number of fused-ring (bicyclic) bond motifs is 5. The van der Waals surface area contributed by atoms with Crippen molar-refractivity contribution in [3.63, 3.8) is 0 Å². The van der Waals surface area contributed by atoms with Crippen LogP contribution in [-0.2, 0) is 9.59 Å². The van der Waals surface area contributed by atoms with Gasteiger partial charge in [-0.1, -0.05) is 6.42 Å². The smallest absolute Gasteiger partial charge is 0.227 e. The number of rotatable bonds is 4. The molecule has 5 rings (SSSR count). The van der Waals surface area contributed by atoms with Gasteiger partial charge in [-0.25, -0.2) is 0 Å². The third kappa shape index (κ3) is 2.82. The van der Waals surface area contributed by atoms with E-state index in [9.17, 15) is 9.59 Å². The number of anilines is 1. The highest BCUT2D eigenvalue weighted by atomic mass is 16.5. The van der Waals surface area contributed by atoms with Crippen molar-refractivity contribution in [1.29, 1.82) is 0 Å². The van der Waals surface area contributed by atoms with Gasteiger partial charge in [-0.3, -0.25) is 9.59 Å². The van der Waals surface area contributed by atoms with Crippen LogP contribution in [0.2, 0.25) is 0 Å². The number of nitrogens with zero attached hydrogens (tertiary/aromatic N) is 1. The van der Waals surface area contributed by atoms with Gasteiger partial charge in [-0.05, 0) is 73.6 Å². The number of carbonyl (C=O) groups excluding carboxylic acids is 2. The average molecular weight is 368 g/mol. The fourth-order valence-corrected chi connectivity index (χ4v) is 6.43. The lowest BCUT2D eigenvalue weighted by Gasteiger charge is -2.32. The van der Waals surface area contributed by atoms with E-state index in [0.717, 1.165) is 35.6 Å². The SMILES string of the molecule is COc1ccc(N2CC(C(=O)NC3CC4CC3C3CCCC43)CC2=O)cc1. The molecular formula is C22H28N2O3. The molecule has 5 nitrogen and oxygen atoms in total. The van der Waals surface area contributed by atoms with Crippen LogP contribution in [-0.4, -0.2) is 31.5 Å². The van der Waals surface area contributed by atoms with Crippen LogP contribution in [0.15, 0.2) is 24.3 Å². The zero-order chi connectivity index (χ0) is 18.5. The van der Waals surface area contributed by atoms with Crippen molar-refractivity contribution >= 4 is 17.5 Å². The van der Waals surface area contributed by atoms with E-state index in [2.05, 4.69) is 5.32 Å². The zero-order valence-corrected chi connectivity index (χ0v) is 15.9. The summed E-state index contributed by atoms with van der Waals surface area (Å²) in [5, 5.41) is 3.34. The lowest BCUT2D eigenvalue weighted by Crippen LogP contribution is -2.45. The highest BCUT2D eigenvalue weighted by molar-refractivity contribution is 6.00. The summed E-state index contributed by atoms with van der Waals surface area (Å²) in [7, 11) is 1.62. The van der Waals surface area contributed by atoms with E-state index in [4.69, 9.17) is 4.74 Å². The summed E-state index contributed by atoms with van der Waals surface area (Å²) in [4.78, 5) is 27.1. The second-order valence-corrected chi connectivity index (χ2v) is 8.87. The second-order valence-electron chi connectivity index (χ2n) is 8.87. The van der Waals surface area contributed by atoms with Crippen molar-refractivity contribution < 1.29 is 14.3 Å². The van der Waals surface area contributed by atoms with E-state index in [-0.39, 0.29) is 17.7 Å². The Balaban J connectivity index is 1.22. The fraction of sp³-hybridized carbons (Fsp3) is 0.636. The molecule has 3 saturated carbocycles. The van der Waals surface area contributed by atoms with Gasteiger partial charge in [0.15, 0.2) is 0 Å². The molecule has 4 aliphatic rings. The number of hydrogen-bond donors (Lipinski definition) is 1. The van der Waals surface area contributed by atoms with E-state index >= 15 is 0 Å². The Morgan fingerprint density at radius 2 is 1.89 bits per heavy atom. The molecule has 1 N–H and O–H groups in total. The van der Waals surface area contributed by atoms with Crippen LogP contribution < -0.4 is 15.0 Å². The Morgan fingerprint density at radius 1 is 1.11 bits per heavy atom. The molecule has 4 fully saturated rings. The monoisotopic (exact) mass is 368 g/mol. The summed E-state index contributed by atoms with van der Waals surface area (Å²) in [6, 6.07) is 7.81. The molecule has 0 radical (unpaired) electrons. The Morgan fingerprint density at radius 3 is 2.67 bits per heavy atom. The van der Waals surface area contributed by atoms with Crippen LogP contribution in [0.25, 0.3) is 0 Å². The maximum atomic E-state index is 12.9. The Bertz CT molecular complexity index is 746. The normalized spacial score (nSPS) is 36.9. The van der Waals surface area contributed by atoms with E-state index < -0.39 is 0 Å². The first kappa shape index (κ1) is 17.1. The molecule has 27 heavy (non-hydrogen) atoms.